The molecular weight excluding hydrogens is 332 g/mol. The third kappa shape index (κ3) is 3.95. The van der Waals surface area contributed by atoms with Gasteiger partial charge in [0.25, 0.3) is 0 Å². The molecule has 2 rings (SSSR count). The van der Waals surface area contributed by atoms with E-state index >= 15 is 0 Å². The van der Waals surface area contributed by atoms with Gasteiger partial charge >= 0.3 is 0 Å². The van der Waals surface area contributed by atoms with Crippen LogP contribution in [0.15, 0.2) is 52.2 Å². The molecule has 0 aliphatic rings. The number of oxime groups is 1. The lowest BCUT2D eigenvalue weighted by atomic mass is 10.2. The van der Waals surface area contributed by atoms with Gasteiger partial charge in [0.2, 0.25) is 0 Å². The maximum absolute atomic E-state index is 8.69. The monoisotopic (exact) mass is 348 g/mol. The van der Waals surface area contributed by atoms with Crippen molar-refractivity contribution < 1.29 is 5.21 Å². The van der Waals surface area contributed by atoms with Crippen molar-refractivity contribution in [2.75, 3.05) is 11.4 Å². The minimum absolute atomic E-state index is 0.199. The van der Waals surface area contributed by atoms with Gasteiger partial charge in [-0.25, -0.2) is 4.98 Å². The smallest absolute Gasteiger partial charge is 0.140 e. The number of hydrogen-bond acceptors (Lipinski definition) is 4. The molecule has 0 radical (unpaired) electrons. The second-order valence-corrected chi connectivity index (χ2v) is 5.47. The first-order valence-electron chi connectivity index (χ1n) is 6.53. The molecule has 0 atom stereocenters. The summed E-state index contributed by atoms with van der Waals surface area (Å²) >= 11 is 3.45. The minimum atomic E-state index is 0.199. The molecule has 5 nitrogen and oxygen atoms in total. The highest BCUT2D eigenvalue weighted by atomic mass is 79.9. The van der Waals surface area contributed by atoms with Crippen molar-refractivity contribution in [2.45, 2.75) is 13.3 Å². The molecule has 0 fully saturated rings. The van der Waals surface area contributed by atoms with Crippen molar-refractivity contribution in [1.82, 2.24) is 4.98 Å². The largest absolute Gasteiger partial charge is 0.409 e. The first-order valence-corrected chi connectivity index (χ1v) is 7.32. The highest BCUT2D eigenvalue weighted by molar-refractivity contribution is 9.10. The number of benzene rings is 1. The Kier molecular flexibility index (Phi) is 5.16. The number of para-hydroxylation sites is 1. The van der Waals surface area contributed by atoms with Gasteiger partial charge in [0.05, 0.1) is 0 Å². The Bertz CT molecular complexity index is 631. The number of amidine groups is 1. The number of nitrogens with two attached hydrogens (primary N) is 1. The number of aryl methyl sites for hydroxylation is 1. The summed E-state index contributed by atoms with van der Waals surface area (Å²) in [6.07, 6.45) is 2.23. The Balaban J connectivity index is 2.33. The molecule has 0 aliphatic carbocycles. The van der Waals surface area contributed by atoms with E-state index in [1.165, 1.54) is 0 Å². The zero-order valence-corrected chi connectivity index (χ0v) is 13.3. The van der Waals surface area contributed by atoms with Gasteiger partial charge in [-0.15, -0.1) is 0 Å². The molecule has 1 heterocycles. The standard InChI is InChI=1S/C15H17BrN4O/c1-11-9-15(18-10-13(11)16)20(8-7-14(17)19-21)12-5-3-2-4-6-12/h2-6,9-10,21H,7-8H2,1H3,(H2,17,19). The van der Waals surface area contributed by atoms with Crippen molar-refractivity contribution in [3.05, 3.63) is 52.6 Å². The van der Waals surface area contributed by atoms with Crippen LogP contribution in [-0.2, 0) is 0 Å². The van der Waals surface area contributed by atoms with Crippen LogP contribution in [0.3, 0.4) is 0 Å². The Hall–Kier alpha value is -2.08. The number of aromatic nitrogens is 1. The average molecular weight is 349 g/mol. The molecule has 0 spiro atoms. The van der Waals surface area contributed by atoms with Gasteiger partial charge in [0.1, 0.15) is 11.7 Å². The number of pyridine rings is 1. The van der Waals surface area contributed by atoms with E-state index in [2.05, 4.69) is 26.1 Å². The summed E-state index contributed by atoms with van der Waals surface area (Å²) in [5, 5.41) is 11.7. The lowest BCUT2D eigenvalue weighted by Gasteiger charge is -2.24. The molecule has 1 aromatic carbocycles. The number of rotatable bonds is 5. The first-order chi connectivity index (χ1) is 10.1. The molecule has 0 aliphatic heterocycles. The van der Waals surface area contributed by atoms with Crippen molar-refractivity contribution in [3.63, 3.8) is 0 Å². The van der Waals surface area contributed by atoms with Crippen LogP contribution >= 0.6 is 15.9 Å². The zero-order chi connectivity index (χ0) is 15.2. The van der Waals surface area contributed by atoms with Crippen LogP contribution in [0.1, 0.15) is 12.0 Å². The van der Waals surface area contributed by atoms with Crippen LogP contribution in [0.2, 0.25) is 0 Å². The predicted octanol–water partition coefficient (Wildman–Crippen LogP) is 3.43. The van der Waals surface area contributed by atoms with E-state index in [-0.39, 0.29) is 5.84 Å². The van der Waals surface area contributed by atoms with Crippen molar-refractivity contribution in [1.29, 1.82) is 0 Å². The number of hydrogen-bond donors (Lipinski definition) is 2. The average Bonchev–Trinajstić information content (AvgIpc) is 2.51. The fourth-order valence-electron chi connectivity index (χ4n) is 1.93. The minimum Gasteiger partial charge on any atom is -0.409 e. The molecule has 2 aromatic rings. The van der Waals surface area contributed by atoms with Gasteiger partial charge < -0.3 is 15.8 Å². The van der Waals surface area contributed by atoms with E-state index < -0.39 is 0 Å². The van der Waals surface area contributed by atoms with Crippen LogP contribution in [-0.4, -0.2) is 22.6 Å². The van der Waals surface area contributed by atoms with E-state index in [9.17, 15) is 0 Å². The number of anilines is 2. The maximum Gasteiger partial charge on any atom is 0.140 e. The van der Waals surface area contributed by atoms with Crippen LogP contribution in [0.4, 0.5) is 11.5 Å². The van der Waals surface area contributed by atoms with Crippen LogP contribution in [0, 0.1) is 6.92 Å². The number of nitrogens with zero attached hydrogens (tertiary/aromatic N) is 3. The lowest BCUT2D eigenvalue weighted by Crippen LogP contribution is -2.25. The molecule has 0 saturated heterocycles. The Morgan fingerprint density at radius 2 is 2.10 bits per heavy atom. The Morgan fingerprint density at radius 1 is 1.38 bits per heavy atom. The van der Waals surface area contributed by atoms with E-state index in [1.807, 2.05) is 48.2 Å². The van der Waals surface area contributed by atoms with E-state index in [0.29, 0.717) is 13.0 Å². The van der Waals surface area contributed by atoms with E-state index in [0.717, 1.165) is 21.5 Å². The summed E-state index contributed by atoms with van der Waals surface area (Å²) in [4.78, 5) is 6.49. The molecule has 0 bridgehead atoms. The van der Waals surface area contributed by atoms with Crippen LogP contribution < -0.4 is 10.6 Å². The van der Waals surface area contributed by atoms with Crippen LogP contribution in [0.5, 0.6) is 0 Å². The fraction of sp³-hybridized carbons (Fsp3) is 0.200. The van der Waals surface area contributed by atoms with Crippen LogP contribution in [0.25, 0.3) is 0 Å². The molecule has 3 N–H and O–H groups in total. The quantitative estimate of drug-likeness (QED) is 0.375. The van der Waals surface area contributed by atoms with Crippen molar-refractivity contribution >= 4 is 33.3 Å². The summed E-state index contributed by atoms with van der Waals surface area (Å²) in [6.45, 7) is 2.59. The van der Waals surface area contributed by atoms with Gasteiger partial charge in [-0.2, -0.15) is 0 Å². The highest BCUT2D eigenvalue weighted by Gasteiger charge is 2.12. The molecule has 6 heteroatoms. The fourth-order valence-corrected chi connectivity index (χ4v) is 2.15. The molecule has 21 heavy (non-hydrogen) atoms. The summed E-state index contributed by atoms with van der Waals surface area (Å²) in [7, 11) is 0. The van der Waals surface area contributed by atoms with Gasteiger partial charge in [0, 0.05) is 29.3 Å². The molecule has 1 aromatic heterocycles. The summed E-state index contributed by atoms with van der Waals surface area (Å²) in [6, 6.07) is 11.9. The van der Waals surface area contributed by atoms with Gasteiger partial charge in [-0.05, 0) is 46.6 Å². The molecule has 0 saturated carbocycles. The Labute approximate surface area is 132 Å². The van der Waals surface area contributed by atoms with Crippen molar-refractivity contribution in [2.24, 2.45) is 10.9 Å². The second-order valence-electron chi connectivity index (χ2n) is 4.62. The molecule has 110 valence electrons. The summed E-state index contributed by atoms with van der Waals surface area (Å²) in [5.74, 6) is 1.03. The zero-order valence-electron chi connectivity index (χ0n) is 11.7. The molecule has 0 amide bonds. The van der Waals surface area contributed by atoms with Gasteiger partial charge in [0.15, 0.2) is 0 Å². The third-order valence-corrected chi connectivity index (χ3v) is 3.93. The SMILES string of the molecule is Cc1cc(N(CC/C(N)=N/O)c2ccccc2)ncc1Br. The van der Waals surface area contributed by atoms with E-state index in [4.69, 9.17) is 10.9 Å². The van der Waals surface area contributed by atoms with Gasteiger partial charge in [-0.1, -0.05) is 23.4 Å². The first kappa shape index (κ1) is 15.3. The van der Waals surface area contributed by atoms with Gasteiger partial charge in [-0.3, -0.25) is 0 Å². The number of halogens is 1. The van der Waals surface area contributed by atoms with E-state index in [1.54, 1.807) is 6.20 Å². The highest BCUT2D eigenvalue weighted by Crippen LogP contribution is 2.26. The predicted molar refractivity (Wildman–Crippen MR) is 88.1 cm³/mol. The third-order valence-electron chi connectivity index (χ3n) is 3.10. The normalized spacial score (nSPS) is 11.4. The maximum atomic E-state index is 8.69. The lowest BCUT2D eigenvalue weighted by molar-refractivity contribution is 0.317. The topological polar surface area (TPSA) is 74.7 Å². The summed E-state index contributed by atoms with van der Waals surface area (Å²) in [5.41, 5.74) is 7.69. The van der Waals surface area contributed by atoms with Crippen molar-refractivity contribution in [3.8, 4) is 0 Å². The second kappa shape index (κ2) is 7.08. The Morgan fingerprint density at radius 3 is 2.71 bits per heavy atom. The summed E-state index contributed by atoms with van der Waals surface area (Å²) < 4.78 is 0.968. The molecule has 0 unspecified atom stereocenters. The molecular formula is C15H17BrN4O.